The van der Waals surface area contributed by atoms with Crippen LogP contribution in [0, 0.1) is 5.41 Å². The van der Waals surface area contributed by atoms with Crippen LogP contribution in [0.1, 0.15) is 46.5 Å². The van der Waals surface area contributed by atoms with Crippen molar-refractivity contribution in [3.05, 3.63) is 12.2 Å². The van der Waals surface area contributed by atoms with Crippen molar-refractivity contribution in [1.29, 1.82) is 0 Å². The summed E-state index contributed by atoms with van der Waals surface area (Å²) in [7, 11) is 0. The Labute approximate surface area is 114 Å². The van der Waals surface area contributed by atoms with Crippen molar-refractivity contribution in [1.82, 2.24) is 5.32 Å². The van der Waals surface area contributed by atoms with Crippen LogP contribution in [0.5, 0.6) is 0 Å². The molecule has 0 fully saturated rings. The number of amides is 2. The first-order chi connectivity index (χ1) is 8.80. The number of nitrogens with one attached hydrogen (secondary N) is 1. The number of hydrogen-bond donors (Lipinski definition) is 2. The van der Waals surface area contributed by atoms with Crippen LogP contribution in [-0.2, 0) is 9.53 Å². The van der Waals surface area contributed by atoms with Gasteiger partial charge in [0.1, 0.15) is 6.10 Å². The molecule has 0 aliphatic heterocycles. The highest BCUT2D eigenvalue weighted by molar-refractivity contribution is 5.81. The van der Waals surface area contributed by atoms with Gasteiger partial charge in [0.2, 0.25) is 5.91 Å². The van der Waals surface area contributed by atoms with Gasteiger partial charge in [-0.05, 0) is 25.3 Å². The van der Waals surface area contributed by atoms with Crippen LogP contribution in [0.2, 0.25) is 0 Å². The van der Waals surface area contributed by atoms with Crippen LogP contribution in [0.3, 0.4) is 0 Å². The van der Waals surface area contributed by atoms with E-state index >= 15 is 0 Å². The molecule has 108 valence electrons. The third-order valence-corrected chi connectivity index (χ3v) is 3.11. The van der Waals surface area contributed by atoms with Crippen molar-refractivity contribution in [2.75, 3.05) is 0 Å². The van der Waals surface area contributed by atoms with Crippen molar-refractivity contribution in [2.24, 2.45) is 11.1 Å². The summed E-state index contributed by atoms with van der Waals surface area (Å²) < 4.78 is 5.09. The summed E-state index contributed by atoms with van der Waals surface area (Å²) in [5, 5.41) is 2.96. The average molecular weight is 268 g/mol. The topological polar surface area (TPSA) is 81.4 Å². The largest absolute Gasteiger partial charge is 0.440 e. The quantitative estimate of drug-likeness (QED) is 0.752. The molecule has 1 aliphatic rings. The normalized spacial score (nSPS) is 25.8. The highest BCUT2D eigenvalue weighted by atomic mass is 16.6. The minimum absolute atomic E-state index is 0.0513. The molecule has 19 heavy (non-hydrogen) atoms. The van der Waals surface area contributed by atoms with Crippen LogP contribution >= 0.6 is 0 Å². The molecule has 3 N–H and O–H groups in total. The lowest BCUT2D eigenvalue weighted by molar-refractivity contribution is -0.130. The van der Waals surface area contributed by atoms with Crippen molar-refractivity contribution in [2.45, 2.75) is 58.6 Å². The highest BCUT2D eigenvalue weighted by Crippen LogP contribution is 2.19. The minimum atomic E-state index is -0.815. The Morgan fingerprint density at radius 2 is 2.00 bits per heavy atom. The molecule has 5 heteroatoms. The SMILES string of the molecule is CC(C)(C)C(=O)NC1CCCC/C=C/C1OC(N)=O. The molecule has 2 atom stereocenters. The maximum atomic E-state index is 12.1. The Kier molecular flexibility index (Phi) is 5.39. The average Bonchev–Trinajstić information content (AvgIpc) is 2.25. The molecular weight excluding hydrogens is 244 g/mol. The molecule has 0 saturated heterocycles. The van der Waals surface area contributed by atoms with Crippen molar-refractivity contribution >= 4 is 12.0 Å². The maximum Gasteiger partial charge on any atom is 0.405 e. The second kappa shape index (κ2) is 6.59. The van der Waals surface area contributed by atoms with Crippen LogP contribution in [0.25, 0.3) is 0 Å². The van der Waals surface area contributed by atoms with E-state index in [0.717, 1.165) is 25.7 Å². The summed E-state index contributed by atoms with van der Waals surface area (Å²) in [6.45, 7) is 5.56. The molecule has 0 aromatic heterocycles. The highest BCUT2D eigenvalue weighted by Gasteiger charge is 2.29. The Bertz CT molecular complexity index is 358. The summed E-state index contributed by atoms with van der Waals surface area (Å²) in [5.74, 6) is -0.0513. The van der Waals surface area contributed by atoms with Gasteiger partial charge in [-0.15, -0.1) is 0 Å². The zero-order valence-electron chi connectivity index (χ0n) is 11.9. The molecule has 1 aliphatic carbocycles. The molecule has 0 saturated carbocycles. The fourth-order valence-corrected chi connectivity index (χ4v) is 1.95. The lowest BCUT2D eigenvalue weighted by atomic mass is 9.93. The molecule has 0 heterocycles. The van der Waals surface area contributed by atoms with E-state index in [0.29, 0.717) is 0 Å². The Hall–Kier alpha value is -1.52. The van der Waals surface area contributed by atoms with Gasteiger partial charge in [0.05, 0.1) is 6.04 Å². The number of primary amides is 1. The van der Waals surface area contributed by atoms with E-state index in [-0.39, 0.29) is 11.9 Å². The maximum absolute atomic E-state index is 12.1. The summed E-state index contributed by atoms with van der Waals surface area (Å²) in [4.78, 5) is 23.0. The van der Waals surface area contributed by atoms with E-state index in [1.54, 1.807) is 0 Å². The van der Waals surface area contributed by atoms with Gasteiger partial charge in [-0.3, -0.25) is 4.79 Å². The molecule has 1 rings (SSSR count). The Balaban J connectivity index is 2.78. The molecule has 0 radical (unpaired) electrons. The van der Waals surface area contributed by atoms with E-state index in [4.69, 9.17) is 10.5 Å². The van der Waals surface area contributed by atoms with Crippen molar-refractivity contribution in [3.8, 4) is 0 Å². The molecule has 2 unspecified atom stereocenters. The molecular formula is C14H24N2O3. The minimum Gasteiger partial charge on any atom is -0.440 e. The van der Waals surface area contributed by atoms with Gasteiger partial charge in [0, 0.05) is 5.41 Å². The van der Waals surface area contributed by atoms with Gasteiger partial charge in [0.25, 0.3) is 0 Å². The Morgan fingerprint density at radius 1 is 1.32 bits per heavy atom. The number of allylic oxidation sites excluding steroid dienone is 1. The molecule has 2 amide bonds. The lowest BCUT2D eigenvalue weighted by Crippen LogP contribution is -2.48. The standard InChI is InChI=1S/C14H24N2O3/c1-14(2,3)12(17)16-10-8-6-4-5-7-9-11(10)19-13(15)18/h7,9-11H,4-6,8H2,1-3H3,(H2,15,18)(H,16,17)/b9-7+. The van der Waals surface area contributed by atoms with E-state index in [1.807, 2.05) is 32.9 Å². The first-order valence-electron chi connectivity index (χ1n) is 6.74. The predicted octanol–water partition coefficient (Wildman–Crippen LogP) is 2.11. The van der Waals surface area contributed by atoms with E-state index in [9.17, 15) is 9.59 Å². The van der Waals surface area contributed by atoms with Gasteiger partial charge in [0.15, 0.2) is 0 Å². The van der Waals surface area contributed by atoms with Gasteiger partial charge < -0.3 is 15.8 Å². The number of hydrogen-bond acceptors (Lipinski definition) is 3. The number of rotatable bonds is 2. The molecule has 5 nitrogen and oxygen atoms in total. The third-order valence-electron chi connectivity index (χ3n) is 3.11. The zero-order valence-corrected chi connectivity index (χ0v) is 11.9. The first-order valence-corrected chi connectivity index (χ1v) is 6.74. The summed E-state index contributed by atoms with van der Waals surface area (Å²) in [6.07, 6.45) is 6.29. The van der Waals surface area contributed by atoms with Crippen molar-refractivity contribution in [3.63, 3.8) is 0 Å². The molecule has 0 aromatic rings. The van der Waals surface area contributed by atoms with Gasteiger partial charge in [-0.2, -0.15) is 0 Å². The summed E-state index contributed by atoms with van der Waals surface area (Å²) >= 11 is 0. The fourth-order valence-electron chi connectivity index (χ4n) is 1.95. The smallest absolute Gasteiger partial charge is 0.405 e. The van der Waals surface area contributed by atoms with E-state index < -0.39 is 17.6 Å². The number of carbonyl (C=O) groups is 2. The summed E-state index contributed by atoms with van der Waals surface area (Å²) in [6, 6.07) is -0.212. The fraction of sp³-hybridized carbons (Fsp3) is 0.714. The molecule has 0 bridgehead atoms. The van der Waals surface area contributed by atoms with Crippen LogP contribution in [-0.4, -0.2) is 24.1 Å². The van der Waals surface area contributed by atoms with Crippen molar-refractivity contribution < 1.29 is 14.3 Å². The summed E-state index contributed by atoms with van der Waals surface area (Å²) in [5.41, 5.74) is 4.62. The van der Waals surface area contributed by atoms with E-state index in [1.165, 1.54) is 0 Å². The second-order valence-corrected chi connectivity index (χ2v) is 5.94. The molecule has 0 spiro atoms. The van der Waals surface area contributed by atoms with Crippen LogP contribution < -0.4 is 11.1 Å². The number of ether oxygens (including phenoxy) is 1. The molecule has 0 aromatic carbocycles. The number of carbonyl (C=O) groups excluding carboxylic acids is 2. The van der Waals surface area contributed by atoms with E-state index in [2.05, 4.69) is 5.32 Å². The lowest BCUT2D eigenvalue weighted by Gasteiger charge is -2.29. The zero-order chi connectivity index (χ0) is 14.5. The van der Waals surface area contributed by atoms with Gasteiger partial charge in [-0.25, -0.2) is 4.79 Å². The second-order valence-electron chi connectivity index (χ2n) is 5.94. The van der Waals surface area contributed by atoms with Gasteiger partial charge >= 0.3 is 6.09 Å². The van der Waals surface area contributed by atoms with Gasteiger partial charge in [-0.1, -0.05) is 33.3 Å². The third kappa shape index (κ3) is 5.32. The first kappa shape index (κ1) is 15.5. The monoisotopic (exact) mass is 268 g/mol. The predicted molar refractivity (Wildman–Crippen MR) is 73.5 cm³/mol. The number of nitrogens with two attached hydrogens (primary N) is 1. The van der Waals surface area contributed by atoms with Crippen LogP contribution in [0.15, 0.2) is 12.2 Å². The Morgan fingerprint density at radius 3 is 2.58 bits per heavy atom. The van der Waals surface area contributed by atoms with Crippen LogP contribution in [0.4, 0.5) is 4.79 Å².